The van der Waals surface area contributed by atoms with Gasteiger partial charge in [-0.25, -0.2) is 13.9 Å². The van der Waals surface area contributed by atoms with Gasteiger partial charge in [-0.2, -0.15) is 0 Å². The standard InChI is InChI=1S/C16H19FN6O2/c17-14-7-12(1-2-15(14)21-5-3-11(18)8-21)23-10-13(25-16(23)24)9-22-6-4-19-20-22/h1-2,4,6-7,11,13H,3,5,8-10,18H2/t11?,13-/m0/s1. The van der Waals surface area contributed by atoms with Gasteiger partial charge in [0.25, 0.3) is 0 Å². The number of carbonyl (C=O) groups excluding carboxylic acids is 1. The Hall–Kier alpha value is -2.68. The van der Waals surface area contributed by atoms with E-state index < -0.39 is 6.09 Å². The lowest BCUT2D eigenvalue weighted by Gasteiger charge is -2.20. The van der Waals surface area contributed by atoms with E-state index in [0.29, 0.717) is 31.0 Å². The number of hydrogen-bond acceptors (Lipinski definition) is 6. The van der Waals surface area contributed by atoms with E-state index in [9.17, 15) is 9.18 Å². The van der Waals surface area contributed by atoms with Crippen LogP contribution >= 0.6 is 0 Å². The molecule has 3 heterocycles. The topological polar surface area (TPSA) is 89.5 Å². The summed E-state index contributed by atoms with van der Waals surface area (Å²) in [6, 6.07) is 4.88. The zero-order chi connectivity index (χ0) is 17.4. The SMILES string of the molecule is NC1CCN(c2ccc(N3C[C@H](Cn4ccnn4)OC3=O)cc2F)C1. The van der Waals surface area contributed by atoms with E-state index >= 15 is 0 Å². The van der Waals surface area contributed by atoms with Crippen molar-refractivity contribution >= 4 is 17.5 Å². The van der Waals surface area contributed by atoms with Crippen molar-refractivity contribution in [3.05, 3.63) is 36.4 Å². The molecule has 1 unspecified atom stereocenters. The van der Waals surface area contributed by atoms with E-state index in [2.05, 4.69) is 10.3 Å². The van der Waals surface area contributed by atoms with Crippen molar-refractivity contribution in [2.45, 2.75) is 25.1 Å². The minimum atomic E-state index is -0.486. The summed E-state index contributed by atoms with van der Waals surface area (Å²) in [4.78, 5) is 15.5. The van der Waals surface area contributed by atoms with Gasteiger partial charge >= 0.3 is 6.09 Å². The zero-order valence-electron chi connectivity index (χ0n) is 13.6. The van der Waals surface area contributed by atoms with Crippen LogP contribution in [-0.4, -0.2) is 52.9 Å². The Bertz CT molecular complexity index is 768. The normalized spacial score (nSPS) is 23.4. The van der Waals surface area contributed by atoms with E-state index in [4.69, 9.17) is 10.5 Å². The predicted octanol–water partition coefficient (Wildman–Crippen LogP) is 0.980. The molecule has 0 aliphatic carbocycles. The zero-order valence-corrected chi connectivity index (χ0v) is 13.6. The third-order valence-corrected chi connectivity index (χ3v) is 4.55. The lowest BCUT2D eigenvalue weighted by molar-refractivity contribution is 0.129. The van der Waals surface area contributed by atoms with Gasteiger partial charge in [0.2, 0.25) is 0 Å². The van der Waals surface area contributed by atoms with Crippen LogP contribution in [0.15, 0.2) is 30.6 Å². The van der Waals surface area contributed by atoms with Gasteiger partial charge in [0.1, 0.15) is 11.9 Å². The van der Waals surface area contributed by atoms with Gasteiger partial charge in [0.15, 0.2) is 0 Å². The first kappa shape index (κ1) is 15.8. The molecule has 0 spiro atoms. The molecule has 1 aromatic heterocycles. The fourth-order valence-corrected chi connectivity index (χ4v) is 3.29. The summed E-state index contributed by atoms with van der Waals surface area (Å²) >= 11 is 0. The smallest absolute Gasteiger partial charge is 0.414 e. The van der Waals surface area contributed by atoms with E-state index in [-0.39, 0.29) is 18.0 Å². The van der Waals surface area contributed by atoms with E-state index in [1.54, 1.807) is 29.2 Å². The van der Waals surface area contributed by atoms with E-state index in [1.807, 2.05) is 4.90 Å². The molecule has 1 amide bonds. The number of nitrogens with zero attached hydrogens (tertiary/aromatic N) is 5. The van der Waals surface area contributed by atoms with Crippen molar-refractivity contribution in [2.24, 2.45) is 5.73 Å². The van der Waals surface area contributed by atoms with Gasteiger partial charge in [0, 0.05) is 25.3 Å². The van der Waals surface area contributed by atoms with Crippen LogP contribution in [0.5, 0.6) is 0 Å². The number of rotatable bonds is 4. The predicted molar refractivity (Wildman–Crippen MR) is 88.8 cm³/mol. The molecule has 0 radical (unpaired) electrons. The van der Waals surface area contributed by atoms with Crippen LogP contribution < -0.4 is 15.5 Å². The van der Waals surface area contributed by atoms with E-state index in [0.717, 1.165) is 13.0 Å². The second kappa shape index (κ2) is 6.32. The molecule has 0 bridgehead atoms. The molecular weight excluding hydrogens is 327 g/mol. The largest absolute Gasteiger partial charge is 0.442 e. The minimum absolute atomic E-state index is 0.0742. The maximum atomic E-state index is 14.5. The molecule has 2 aliphatic heterocycles. The highest BCUT2D eigenvalue weighted by molar-refractivity contribution is 5.90. The number of amides is 1. The van der Waals surface area contributed by atoms with Crippen LogP contribution in [0, 0.1) is 5.82 Å². The van der Waals surface area contributed by atoms with Gasteiger partial charge < -0.3 is 15.4 Å². The van der Waals surface area contributed by atoms with Gasteiger partial charge in [-0.1, -0.05) is 5.21 Å². The number of carbonyl (C=O) groups is 1. The molecule has 2 aliphatic rings. The number of ether oxygens (including phenoxy) is 1. The summed E-state index contributed by atoms with van der Waals surface area (Å²) in [7, 11) is 0. The molecule has 9 heteroatoms. The average molecular weight is 346 g/mol. The maximum absolute atomic E-state index is 14.5. The van der Waals surface area contributed by atoms with Crippen LogP contribution in [0.1, 0.15) is 6.42 Å². The Kier molecular flexibility index (Phi) is 4.00. The molecule has 25 heavy (non-hydrogen) atoms. The Morgan fingerprint density at radius 2 is 2.24 bits per heavy atom. The fourth-order valence-electron chi connectivity index (χ4n) is 3.29. The Labute approximate surface area is 143 Å². The van der Waals surface area contributed by atoms with Crippen LogP contribution in [-0.2, 0) is 11.3 Å². The minimum Gasteiger partial charge on any atom is -0.442 e. The lowest BCUT2D eigenvalue weighted by Crippen LogP contribution is -2.28. The summed E-state index contributed by atoms with van der Waals surface area (Å²) in [5, 5.41) is 7.58. The molecule has 1 aromatic carbocycles. The third kappa shape index (κ3) is 3.14. The summed E-state index contributed by atoms with van der Waals surface area (Å²) < 4.78 is 21.5. The molecule has 2 N–H and O–H groups in total. The summed E-state index contributed by atoms with van der Waals surface area (Å²) in [6.07, 6.45) is 3.27. The monoisotopic (exact) mass is 346 g/mol. The summed E-state index contributed by atoms with van der Waals surface area (Å²) in [5.41, 5.74) is 6.89. The van der Waals surface area contributed by atoms with Crippen LogP contribution in [0.2, 0.25) is 0 Å². The van der Waals surface area contributed by atoms with Crippen molar-refractivity contribution in [3.63, 3.8) is 0 Å². The van der Waals surface area contributed by atoms with Crippen LogP contribution in [0.4, 0.5) is 20.6 Å². The number of benzene rings is 1. The highest BCUT2D eigenvalue weighted by Crippen LogP contribution is 2.29. The van der Waals surface area contributed by atoms with Gasteiger partial charge in [-0.15, -0.1) is 5.10 Å². The molecule has 2 fully saturated rings. The van der Waals surface area contributed by atoms with Crippen LogP contribution in [0.3, 0.4) is 0 Å². The van der Waals surface area contributed by atoms with Crippen molar-refractivity contribution in [2.75, 3.05) is 29.4 Å². The first-order valence-corrected chi connectivity index (χ1v) is 8.22. The van der Waals surface area contributed by atoms with E-state index in [1.165, 1.54) is 11.0 Å². The number of nitrogens with two attached hydrogens (primary N) is 1. The molecule has 2 aromatic rings. The molecule has 8 nitrogen and oxygen atoms in total. The quantitative estimate of drug-likeness (QED) is 0.888. The first-order chi connectivity index (χ1) is 12.1. The summed E-state index contributed by atoms with van der Waals surface area (Å²) in [6.45, 7) is 2.13. The second-order valence-corrected chi connectivity index (χ2v) is 6.37. The molecule has 2 atom stereocenters. The lowest BCUT2D eigenvalue weighted by atomic mass is 10.2. The van der Waals surface area contributed by atoms with Crippen molar-refractivity contribution in [1.29, 1.82) is 0 Å². The average Bonchev–Trinajstić information content (AvgIpc) is 3.30. The second-order valence-electron chi connectivity index (χ2n) is 6.37. The Morgan fingerprint density at radius 3 is 2.92 bits per heavy atom. The fraction of sp³-hybridized carbons (Fsp3) is 0.438. The number of hydrogen-bond donors (Lipinski definition) is 1. The van der Waals surface area contributed by atoms with Gasteiger partial charge in [0.05, 0.1) is 30.7 Å². The Balaban J connectivity index is 1.48. The van der Waals surface area contributed by atoms with Crippen molar-refractivity contribution < 1.29 is 13.9 Å². The molecular formula is C16H19FN6O2. The van der Waals surface area contributed by atoms with Crippen LogP contribution in [0.25, 0.3) is 0 Å². The highest BCUT2D eigenvalue weighted by Gasteiger charge is 2.33. The maximum Gasteiger partial charge on any atom is 0.414 e. The van der Waals surface area contributed by atoms with Crippen molar-refractivity contribution in [3.8, 4) is 0 Å². The first-order valence-electron chi connectivity index (χ1n) is 8.22. The third-order valence-electron chi connectivity index (χ3n) is 4.55. The molecule has 4 rings (SSSR count). The Morgan fingerprint density at radius 1 is 1.36 bits per heavy atom. The highest BCUT2D eigenvalue weighted by atomic mass is 19.1. The summed E-state index contributed by atoms with van der Waals surface area (Å²) in [5.74, 6) is -0.362. The molecule has 132 valence electrons. The number of cyclic esters (lactones) is 1. The van der Waals surface area contributed by atoms with Gasteiger partial charge in [-0.05, 0) is 24.6 Å². The number of aromatic nitrogens is 3. The number of anilines is 2. The molecule has 0 saturated carbocycles. The molecule has 2 saturated heterocycles. The van der Waals surface area contributed by atoms with Crippen molar-refractivity contribution in [1.82, 2.24) is 15.0 Å². The number of halogens is 1. The van der Waals surface area contributed by atoms with Gasteiger partial charge in [-0.3, -0.25) is 4.90 Å².